The van der Waals surface area contributed by atoms with Crippen molar-refractivity contribution in [1.29, 1.82) is 0 Å². The smallest absolute Gasteiger partial charge is 0.121 e. The first-order chi connectivity index (χ1) is 6.75. The Morgan fingerprint density at radius 1 is 1.36 bits per heavy atom. The van der Waals surface area contributed by atoms with E-state index in [0.717, 1.165) is 17.0 Å². The van der Waals surface area contributed by atoms with Gasteiger partial charge in [-0.3, -0.25) is 9.97 Å². The molecule has 0 aromatic carbocycles. The van der Waals surface area contributed by atoms with Crippen LogP contribution in [0.3, 0.4) is 0 Å². The second kappa shape index (κ2) is 3.67. The van der Waals surface area contributed by atoms with E-state index in [0.29, 0.717) is 4.64 Å². The highest BCUT2D eigenvalue weighted by Gasteiger charge is 1.98. The van der Waals surface area contributed by atoms with Gasteiger partial charge in [-0.2, -0.15) is 0 Å². The third kappa shape index (κ3) is 1.85. The van der Waals surface area contributed by atoms with Crippen LogP contribution in [0.5, 0.6) is 0 Å². The van der Waals surface area contributed by atoms with Gasteiger partial charge in [0.05, 0.1) is 11.9 Å². The minimum atomic E-state index is 0.638. The maximum atomic E-state index is 4.92. The zero-order chi connectivity index (χ0) is 9.97. The summed E-state index contributed by atoms with van der Waals surface area (Å²) in [5, 5.41) is 0. The quantitative estimate of drug-likeness (QED) is 0.724. The molecule has 0 aliphatic heterocycles. The van der Waals surface area contributed by atoms with Crippen LogP contribution in [0.1, 0.15) is 5.69 Å². The van der Waals surface area contributed by atoms with Gasteiger partial charge >= 0.3 is 0 Å². The van der Waals surface area contributed by atoms with Crippen molar-refractivity contribution in [2.24, 2.45) is 0 Å². The van der Waals surface area contributed by atoms with Gasteiger partial charge in [0.2, 0.25) is 0 Å². The van der Waals surface area contributed by atoms with E-state index in [4.69, 9.17) is 12.2 Å². The highest BCUT2D eigenvalue weighted by molar-refractivity contribution is 7.71. The third-order valence-corrected chi connectivity index (χ3v) is 2.09. The van der Waals surface area contributed by atoms with E-state index in [2.05, 4.69) is 15.0 Å². The molecule has 0 unspecified atom stereocenters. The Bertz CT molecular complexity index is 484. The van der Waals surface area contributed by atoms with Crippen LogP contribution in [0.25, 0.3) is 11.3 Å². The van der Waals surface area contributed by atoms with E-state index in [9.17, 15) is 0 Å². The Hall–Kier alpha value is -1.55. The Kier molecular flexibility index (Phi) is 2.37. The number of hydrogen-bond donors (Lipinski definition) is 1. The molecule has 14 heavy (non-hydrogen) atoms. The standard InChI is InChI=1S/C10H9N3S/c1-7-4-8(2-3-11-7)9-5-13-10(14)6-12-9/h2-6H,1H3,(H,13,14). The molecule has 0 spiro atoms. The normalized spacial score (nSPS) is 10.1. The van der Waals surface area contributed by atoms with Crippen molar-refractivity contribution < 1.29 is 0 Å². The molecule has 2 heterocycles. The first-order valence-corrected chi connectivity index (χ1v) is 4.64. The summed E-state index contributed by atoms with van der Waals surface area (Å²) >= 11 is 4.92. The fraction of sp³-hybridized carbons (Fsp3) is 0.100. The fourth-order valence-electron chi connectivity index (χ4n) is 1.20. The summed E-state index contributed by atoms with van der Waals surface area (Å²) in [7, 11) is 0. The predicted octanol–water partition coefficient (Wildman–Crippen LogP) is 2.51. The number of H-pyrrole nitrogens is 1. The van der Waals surface area contributed by atoms with Gasteiger partial charge in [-0.05, 0) is 19.1 Å². The maximum Gasteiger partial charge on any atom is 0.121 e. The molecular weight excluding hydrogens is 194 g/mol. The number of aryl methyl sites for hydroxylation is 1. The highest BCUT2D eigenvalue weighted by atomic mass is 32.1. The lowest BCUT2D eigenvalue weighted by Gasteiger charge is -2.00. The lowest BCUT2D eigenvalue weighted by atomic mass is 10.2. The van der Waals surface area contributed by atoms with Crippen LogP contribution in [0, 0.1) is 11.6 Å². The molecule has 70 valence electrons. The van der Waals surface area contributed by atoms with Crippen molar-refractivity contribution in [3.63, 3.8) is 0 Å². The number of aromatic nitrogens is 3. The maximum absolute atomic E-state index is 4.92. The van der Waals surface area contributed by atoms with E-state index in [-0.39, 0.29) is 0 Å². The van der Waals surface area contributed by atoms with E-state index >= 15 is 0 Å². The van der Waals surface area contributed by atoms with Crippen LogP contribution >= 0.6 is 12.2 Å². The van der Waals surface area contributed by atoms with Crippen molar-refractivity contribution in [1.82, 2.24) is 15.0 Å². The SMILES string of the molecule is Cc1cc(-c2c[nH]c(=S)cn2)ccn1. The summed E-state index contributed by atoms with van der Waals surface area (Å²) in [6.07, 6.45) is 5.21. The Labute approximate surface area is 86.9 Å². The van der Waals surface area contributed by atoms with Gasteiger partial charge in [-0.1, -0.05) is 12.2 Å². The van der Waals surface area contributed by atoms with Gasteiger partial charge in [0.1, 0.15) is 4.64 Å². The number of aromatic amines is 1. The summed E-state index contributed by atoms with van der Waals surface area (Å²) in [5.74, 6) is 0. The van der Waals surface area contributed by atoms with Crippen molar-refractivity contribution in [2.75, 3.05) is 0 Å². The minimum Gasteiger partial charge on any atom is -0.350 e. The number of nitrogens with zero attached hydrogens (tertiary/aromatic N) is 2. The van der Waals surface area contributed by atoms with Crippen molar-refractivity contribution in [3.8, 4) is 11.3 Å². The van der Waals surface area contributed by atoms with Crippen molar-refractivity contribution >= 4 is 12.2 Å². The topological polar surface area (TPSA) is 41.6 Å². The summed E-state index contributed by atoms with van der Waals surface area (Å²) < 4.78 is 0.638. The molecule has 0 aliphatic carbocycles. The molecule has 0 fully saturated rings. The summed E-state index contributed by atoms with van der Waals surface area (Å²) in [4.78, 5) is 11.3. The predicted molar refractivity (Wildman–Crippen MR) is 57.4 cm³/mol. The summed E-state index contributed by atoms with van der Waals surface area (Å²) in [6, 6.07) is 3.91. The summed E-state index contributed by atoms with van der Waals surface area (Å²) in [6.45, 7) is 1.95. The molecule has 1 N–H and O–H groups in total. The van der Waals surface area contributed by atoms with Gasteiger partial charge < -0.3 is 4.98 Å². The molecule has 2 rings (SSSR count). The van der Waals surface area contributed by atoms with Gasteiger partial charge in [-0.25, -0.2) is 0 Å². The zero-order valence-electron chi connectivity index (χ0n) is 7.69. The van der Waals surface area contributed by atoms with Gasteiger partial charge in [0, 0.05) is 23.7 Å². The Morgan fingerprint density at radius 3 is 2.86 bits per heavy atom. The molecule has 0 aliphatic rings. The number of nitrogens with one attached hydrogen (secondary N) is 1. The van der Waals surface area contributed by atoms with Gasteiger partial charge in [0.15, 0.2) is 0 Å². The zero-order valence-corrected chi connectivity index (χ0v) is 8.51. The molecule has 0 saturated heterocycles. The van der Waals surface area contributed by atoms with Crippen LogP contribution < -0.4 is 0 Å². The Balaban J connectivity index is 2.49. The van der Waals surface area contributed by atoms with Gasteiger partial charge in [0.25, 0.3) is 0 Å². The highest BCUT2D eigenvalue weighted by Crippen LogP contribution is 2.14. The van der Waals surface area contributed by atoms with Crippen LogP contribution in [-0.2, 0) is 0 Å². The largest absolute Gasteiger partial charge is 0.350 e. The molecule has 0 saturated carbocycles. The average Bonchev–Trinajstić information content (AvgIpc) is 2.19. The van der Waals surface area contributed by atoms with Crippen LogP contribution in [0.15, 0.2) is 30.7 Å². The number of hydrogen-bond acceptors (Lipinski definition) is 3. The van der Waals surface area contributed by atoms with Gasteiger partial charge in [-0.15, -0.1) is 0 Å². The first kappa shape index (κ1) is 9.02. The molecule has 2 aromatic heterocycles. The molecule has 0 bridgehead atoms. The Morgan fingerprint density at radius 2 is 2.21 bits per heavy atom. The third-order valence-electron chi connectivity index (χ3n) is 1.86. The lowest BCUT2D eigenvalue weighted by molar-refractivity contribution is 1.16. The first-order valence-electron chi connectivity index (χ1n) is 4.23. The lowest BCUT2D eigenvalue weighted by Crippen LogP contribution is -1.87. The second-order valence-electron chi connectivity index (χ2n) is 2.98. The molecule has 3 nitrogen and oxygen atoms in total. The van der Waals surface area contributed by atoms with Crippen molar-refractivity contribution in [2.45, 2.75) is 6.92 Å². The number of pyridine rings is 1. The van der Waals surface area contributed by atoms with Crippen LogP contribution in [-0.4, -0.2) is 15.0 Å². The second-order valence-corrected chi connectivity index (χ2v) is 3.42. The summed E-state index contributed by atoms with van der Waals surface area (Å²) in [5.41, 5.74) is 2.90. The number of rotatable bonds is 1. The molecule has 0 radical (unpaired) electrons. The molecule has 0 amide bonds. The monoisotopic (exact) mass is 203 g/mol. The van der Waals surface area contributed by atoms with Crippen molar-refractivity contribution in [3.05, 3.63) is 41.1 Å². The molecule has 4 heteroatoms. The average molecular weight is 203 g/mol. The molecular formula is C10H9N3S. The fourth-order valence-corrected chi connectivity index (χ4v) is 1.32. The van der Waals surface area contributed by atoms with E-state index in [1.54, 1.807) is 18.6 Å². The van der Waals surface area contributed by atoms with E-state index in [1.165, 1.54) is 0 Å². The van der Waals surface area contributed by atoms with E-state index < -0.39 is 0 Å². The minimum absolute atomic E-state index is 0.638. The molecule has 2 aromatic rings. The van der Waals surface area contributed by atoms with E-state index in [1.807, 2.05) is 19.1 Å². The van der Waals surface area contributed by atoms with Crippen LogP contribution in [0.2, 0.25) is 0 Å². The van der Waals surface area contributed by atoms with Crippen LogP contribution in [0.4, 0.5) is 0 Å². The molecule has 0 atom stereocenters.